The van der Waals surface area contributed by atoms with Crippen molar-refractivity contribution in [3.63, 3.8) is 0 Å². The van der Waals surface area contributed by atoms with Crippen LogP contribution in [0.15, 0.2) is 42.6 Å². The first kappa shape index (κ1) is 14.8. The molecule has 0 spiro atoms. The Kier molecular flexibility index (Phi) is 6.22. The van der Waals surface area contributed by atoms with Gasteiger partial charge < -0.3 is 15.2 Å². The maximum atomic E-state index is 11.0. The number of carbonyl (C=O) groups is 1. The summed E-state index contributed by atoms with van der Waals surface area (Å²) in [5.41, 5.74) is 7.19. The maximum absolute atomic E-state index is 11.0. The van der Waals surface area contributed by atoms with Crippen molar-refractivity contribution in [1.82, 2.24) is 0 Å². The predicted molar refractivity (Wildman–Crippen MR) is 75.5 cm³/mol. The fourth-order valence-electron chi connectivity index (χ4n) is 1.34. The maximum Gasteiger partial charge on any atom is 0.305 e. The molecule has 0 radical (unpaired) electrons. The van der Waals surface area contributed by atoms with Crippen LogP contribution in [0.25, 0.3) is 6.08 Å². The largest absolute Gasteiger partial charge is 0.490 e. The van der Waals surface area contributed by atoms with Crippen LogP contribution in [-0.2, 0) is 9.53 Å². The first-order valence-corrected chi connectivity index (χ1v) is 6.11. The Labute approximate surface area is 113 Å². The third-order valence-corrected chi connectivity index (χ3v) is 2.29. The van der Waals surface area contributed by atoms with Gasteiger partial charge in [0, 0.05) is 12.1 Å². The minimum atomic E-state index is -0.260. The highest BCUT2D eigenvalue weighted by Crippen LogP contribution is 2.13. The lowest BCUT2D eigenvalue weighted by molar-refractivity contribution is -0.142. The van der Waals surface area contributed by atoms with Crippen LogP contribution in [0.4, 0.5) is 0 Å². The number of esters is 1. The van der Waals surface area contributed by atoms with Gasteiger partial charge in [0.05, 0.1) is 0 Å². The van der Waals surface area contributed by atoms with Crippen molar-refractivity contribution in [2.24, 2.45) is 5.73 Å². The number of nitrogens with two attached hydrogens (primary N) is 1. The van der Waals surface area contributed by atoms with Crippen LogP contribution in [0.1, 0.15) is 18.9 Å². The highest BCUT2D eigenvalue weighted by atomic mass is 16.5. The molecule has 19 heavy (non-hydrogen) atoms. The fourth-order valence-corrected chi connectivity index (χ4v) is 1.34. The third kappa shape index (κ3) is 5.77. The molecule has 102 valence electrons. The van der Waals surface area contributed by atoms with E-state index in [1.165, 1.54) is 0 Å². The fraction of sp³-hybridized carbons (Fsp3) is 0.267. The van der Waals surface area contributed by atoms with Crippen LogP contribution >= 0.6 is 0 Å². The highest BCUT2D eigenvalue weighted by Gasteiger charge is 1.99. The van der Waals surface area contributed by atoms with Crippen molar-refractivity contribution in [3.8, 4) is 5.75 Å². The van der Waals surface area contributed by atoms with E-state index in [2.05, 4.69) is 6.58 Å². The summed E-state index contributed by atoms with van der Waals surface area (Å²) >= 11 is 0. The molecule has 0 heterocycles. The number of carbonyl (C=O) groups excluding carboxylic acids is 1. The van der Waals surface area contributed by atoms with Crippen molar-refractivity contribution in [2.45, 2.75) is 13.3 Å². The van der Waals surface area contributed by atoms with Crippen LogP contribution in [-0.4, -0.2) is 19.2 Å². The van der Waals surface area contributed by atoms with Gasteiger partial charge in [0.25, 0.3) is 0 Å². The molecular formula is C15H19NO3. The smallest absolute Gasteiger partial charge is 0.305 e. The van der Waals surface area contributed by atoms with Crippen molar-refractivity contribution in [2.75, 3.05) is 13.2 Å². The summed E-state index contributed by atoms with van der Waals surface area (Å²) in [5, 5.41) is 0. The minimum absolute atomic E-state index is 0.112. The van der Waals surface area contributed by atoms with Gasteiger partial charge in [-0.25, -0.2) is 0 Å². The van der Waals surface area contributed by atoms with Gasteiger partial charge in [0.1, 0.15) is 19.0 Å². The van der Waals surface area contributed by atoms with E-state index in [1.807, 2.05) is 24.3 Å². The first-order chi connectivity index (χ1) is 9.15. The number of hydrogen-bond acceptors (Lipinski definition) is 4. The van der Waals surface area contributed by atoms with Gasteiger partial charge in [-0.3, -0.25) is 4.79 Å². The molecule has 0 unspecified atom stereocenters. The standard InChI is InChI=1S/C15H19NO3/c1-3-9-18-14-7-5-12(6-8-14)10-13(16)11-19-15(17)4-2/h3,5-8,10H,1,4,9,11,16H2,2H3. The van der Waals surface area contributed by atoms with Gasteiger partial charge in [0.2, 0.25) is 0 Å². The van der Waals surface area contributed by atoms with Crippen LogP contribution in [0.2, 0.25) is 0 Å². The molecule has 0 aliphatic heterocycles. The average Bonchev–Trinajstić information content (AvgIpc) is 2.44. The summed E-state index contributed by atoms with van der Waals surface area (Å²) in [6.07, 6.45) is 3.80. The molecule has 1 aromatic rings. The molecule has 4 nitrogen and oxygen atoms in total. The summed E-state index contributed by atoms with van der Waals surface area (Å²) in [7, 11) is 0. The van der Waals surface area contributed by atoms with Crippen molar-refractivity contribution in [1.29, 1.82) is 0 Å². The zero-order valence-corrected chi connectivity index (χ0v) is 11.1. The summed E-state index contributed by atoms with van der Waals surface area (Å²) in [6, 6.07) is 7.46. The van der Waals surface area contributed by atoms with Crippen molar-refractivity contribution in [3.05, 3.63) is 48.2 Å². The lowest BCUT2D eigenvalue weighted by Crippen LogP contribution is -2.10. The summed E-state index contributed by atoms with van der Waals surface area (Å²) < 4.78 is 10.3. The Bertz CT molecular complexity index is 449. The molecule has 2 N–H and O–H groups in total. The van der Waals surface area contributed by atoms with E-state index in [1.54, 1.807) is 19.1 Å². The molecule has 0 aromatic heterocycles. The SMILES string of the molecule is C=CCOc1ccc(C=C(N)COC(=O)CC)cc1. The average molecular weight is 261 g/mol. The normalized spacial score (nSPS) is 10.9. The highest BCUT2D eigenvalue weighted by molar-refractivity contribution is 5.69. The molecular weight excluding hydrogens is 242 g/mol. The molecule has 0 fully saturated rings. The Hall–Kier alpha value is -2.23. The van der Waals surface area contributed by atoms with Crippen LogP contribution < -0.4 is 10.5 Å². The zero-order chi connectivity index (χ0) is 14.1. The Balaban J connectivity index is 2.55. The van der Waals surface area contributed by atoms with Gasteiger partial charge in [-0.2, -0.15) is 0 Å². The van der Waals surface area contributed by atoms with Crippen LogP contribution in [0.5, 0.6) is 5.75 Å². The number of benzene rings is 1. The van der Waals surface area contributed by atoms with E-state index in [4.69, 9.17) is 15.2 Å². The molecule has 0 saturated heterocycles. The molecule has 0 saturated carbocycles. The van der Waals surface area contributed by atoms with E-state index in [0.29, 0.717) is 18.7 Å². The summed E-state index contributed by atoms with van der Waals surface area (Å²) in [5.74, 6) is 0.512. The van der Waals surface area contributed by atoms with Gasteiger partial charge in [-0.1, -0.05) is 31.7 Å². The second-order valence-corrected chi connectivity index (χ2v) is 3.90. The molecule has 0 aliphatic rings. The monoisotopic (exact) mass is 261 g/mol. The van der Waals surface area contributed by atoms with Crippen molar-refractivity contribution >= 4 is 12.0 Å². The molecule has 0 aliphatic carbocycles. The molecule has 4 heteroatoms. The van der Waals surface area contributed by atoms with E-state index in [-0.39, 0.29) is 12.6 Å². The number of rotatable bonds is 7. The minimum Gasteiger partial charge on any atom is -0.490 e. The first-order valence-electron chi connectivity index (χ1n) is 6.11. The topological polar surface area (TPSA) is 61.6 Å². The summed E-state index contributed by atoms with van der Waals surface area (Å²) in [6.45, 7) is 5.91. The zero-order valence-electron chi connectivity index (χ0n) is 11.1. The molecule has 1 rings (SSSR count). The number of hydrogen-bond donors (Lipinski definition) is 1. The van der Waals surface area contributed by atoms with Crippen molar-refractivity contribution < 1.29 is 14.3 Å². The number of ether oxygens (including phenoxy) is 2. The lowest BCUT2D eigenvalue weighted by Gasteiger charge is -2.05. The second-order valence-electron chi connectivity index (χ2n) is 3.90. The molecule has 1 aromatic carbocycles. The predicted octanol–water partition coefficient (Wildman–Crippen LogP) is 2.50. The quantitative estimate of drug-likeness (QED) is 0.605. The second kappa shape index (κ2) is 7.97. The van der Waals surface area contributed by atoms with Gasteiger partial charge in [-0.05, 0) is 23.8 Å². The Morgan fingerprint density at radius 2 is 2.05 bits per heavy atom. The summed E-state index contributed by atoms with van der Waals surface area (Å²) in [4.78, 5) is 11.0. The molecule has 0 atom stereocenters. The Morgan fingerprint density at radius 1 is 1.37 bits per heavy atom. The van der Waals surface area contributed by atoms with Crippen LogP contribution in [0.3, 0.4) is 0 Å². The van der Waals surface area contributed by atoms with Gasteiger partial charge >= 0.3 is 5.97 Å². The molecule has 0 bridgehead atoms. The van der Waals surface area contributed by atoms with Gasteiger partial charge in [0.15, 0.2) is 0 Å². The Morgan fingerprint density at radius 3 is 2.63 bits per heavy atom. The van der Waals surface area contributed by atoms with E-state index in [0.717, 1.165) is 11.3 Å². The van der Waals surface area contributed by atoms with E-state index < -0.39 is 0 Å². The van der Waals surface area contributed by atoms with E-state index >= 15 is 0 Å². The van der Waals surface area contributed by atoms with Crippen LogP contribution in [0, 0.1) is 0 Å². The van der Waals surface area contributed by atoms with Gasteiger partial charge in [-0.15, -0.1) is 0 Å². The lowest BCUT2D eigenvalue weighted by atomic mass is 10.2. The third-order valence-electron chi connectivity index (χ3n) is 2.29. The molecule has 0 amide bonds. The van der Waals surface area contributed by atoms with E-state index in [9.17, 15) is 4.79 Å².